The fraction of sp³-hybridized carbons (Fsp3) is 0.0571. The zero-order valence-corrected chi connectivity index (χ0v) is 22.3. The number of fused-ring (bicyclic) bond motifs is 8. The number of phenolic OH excluding ortho intramolecular Hbond substituents is 5. The van der Waals surface area contributed by atoms with E-state index in [0.29, 0.717) is 23.3 Å². The summed E-state index contributed by atoms with van der Waals surface area (Å²) in [5.74, 6) is -1.02. The molecule has 1 heterocycles. The molecule has 1 aliphatic heterocycles. The Morgan fingerprint density at radius 2 is 1.36 bits per heavy atom. The van der Waals surface area contributed by atoms with Gasteiger partial charge in [-0.25, -0.2) is 0 Å². The molecule has 0 saturated heterocycles. The second-order valence-corrected chi connectivity index (χ2v) is 10.1. The molecule has 0 unspecified atom stereocenters. The van der Waals surface area contributed by atoms with E-state index in [1.807, 2.05) is 18.2 Å². The van der Waals surface area contributed by atoms with Crippen molar-refractivity contribution in [3.63, 3.8) is 0 Å². The molecule has 0 saturated carbocycles. The highest BCUT2D eigenvalue weighted by Crippen LogP contribution is 2.44. The summed E-state index contributed by atoms with van der Waals surface area (Å²) in [5.41, 5.74) is 3.65. The van der Waals surface area contributed by atoms with E-state index in [2.05, 4.69) is 0 Å². The van der Waals surface area contributed by atoms with Crippen LogP contribution in [0.3, 0.4) is 0 Å². The van der Waals surface area contributed by atoms with Gasteiger partial charge in [0.2, 0.25) is 0 Å². The first-order valence-electron chi connectivity index (χ1n) is 13.3. The third-order valence-corrected chi connectivity index (χ3v) is 7.26. The lowest BCUT2D eigenvalue weighted by atomic mass is 9.93. The van der Waals surface area contributed by atoms with Crippen molar-refractivity contribution in [2.45, 2.75) is 12.8 Å². The number of ketones is 1. The molecular weight excluding hydrogens is 532 g/mol. The summed E-state index contributed by atoms with van der Waals surface area (Å²) in [7, 11) is 0. The monoisotopic (exact) mass is 558 g/mol. The molecule has 6 bridgehead atoms. The summed E-state index contributed by atoms with van der Waals surface area (Å²) in [6, 6.07) is 24.3. The van der Waals surface area contributed by atoms with Crippen molar-refractivity contribution in [1.82, 2.24) is 0 Å². The van der Waals surface area contributed by atoms with Crippen LogP contribution >= 0.6 is 0 Å². The molecular formula is C35H26O7. The number of carbonyl (C=O) groups is 1. The molecule has 0 amide bonds. The number of carbonyl (C=O) groups excluding carboxylic acids is 1. The van der Waals surface area contributed by atoms with Crippen molar-refractivity contribution < 1.29 is 35.1 Å². The van der Waals surface area contributed by atoms with Crippen molar-refractivity contribution in [1.29, 1.82) is 0 Å². The van der Waals surface area contributed by atoms with Crippen molar-refractivity contribution in [2.24, 2.45) is 0 Å². The average Bonchev–Trinajstić information content (AvgIpc) is 2.98. The standard InChI is InChI=1S/C35H26O7/c36-24-5-2-4-23(18-24)33(40)29-19-32(39)34(41)26-12-9-22-11-14-31(38)28(17-22)27-16-21(10-13-30(27)37)8-7-20-3-1-6-25(15-20)42-35(26)29/h1-8,10-11,13-19,36-39,41H,9,12H2/b8-7-. The van der Waals surface area contributed by atoms with E-state index in [0.717, 1.165) is 22.8 Å². The molecule has 0 radical (unpaired) electrons. The number of phenols is 5. The number of rotatable bonds is 2. The lowest BCUT2D eigenvalue weighted by Crippen LogP contribution is -2.07. The van der Waals surface area contributed by atoms with Crippen LogP contribution in [0.1, 0.15) is 38.2 Å². The van der Waals surface area contributed by atoms with Gasteiger partial charge in [-0.2, -0.15) is 0 Å². The molecule has 5 N–H and O–H groups in total. The van der Waals surface area contributed by atoms with Gasteiger partial charge in [-0.3, -0.25) is 4.79 Å². The van der Waals surface area contributed by atoms with Gasteiger partial charge in [-0.15, -0.1) is 0 Å². The smallest absolute Gasteiger partial charge is 0.197 e. The zero-order chi connectivity index (χ0) is 29.4. The molecule has 0 aliphatic carbocycles. The topological polar surface area (TPSA) is 127 Å². The van der Waals surface area contributed by atoms with Crippen LogP contribution in [-0.4, -0.2) is 31.3 Å². The number of benzene rings is 5. The third kappa shape index (κ3) is 5.11. The molecule has 7 nitrogen and oxygen atoms in total. The Balaban J connectivity index is 1.56. The van der Waals surface area contributed by atoms with Crippen molar-refractivity contribution >= 4 is 17.9 Å². The number of ether oxygens (including phenoxy) is 1. The van der Waals surface area contributed by atoms with Gasteiger partial charge >= 0.3 is 0 Å². The van der Waals surface area contributed by atoms with E-state index < -0.39 is 17.3 Å². The molecule has 208 valence electrons. The van der Waals surface area contributed by atoms with Gasteiger partial charge in [0.15, 0.2) is 17.3 Å². The first kappa shape index (κ1) is 26.5. The lowest BCUT2D eigenvalue weighted by Gasteiger charge is -2.19. The van der Waals surface area contributed by atoms with Gasteiger partial charge in [-0.1, -0.05) is 48.6 Å². The molecule has 0 atom stereocenters. The summed E-state index contributed by atoms with van der Waals surface area (Å²) in [6.45, 7) is 0. The second kappa shape index (κ2) is 10.7. The van der Waals surface area contributed by atoms with Crippen molar-refractivity contribution in [3.8, 4) is 51.4 Å². The Hall–Kier alpha value is -5.69. The average molecular weight is 559 g/mol. The molecule has 5 aromatic carbocycles. The van der Waals surface area contributed by atoms with E-state index in [1.165, 1.54) is 18.2 Å². The summed E-state index contributed by atoms with van der Waals surface area (Å²) >= 11 is 0. The van der Waals surface area contributed by atoms with E-state index in [9.17, 15) is 30.3 Å². The van der Waals surface area contributed by atoms with Crippen LogP contribution in [0, 0.1) is 0 Å². The van der Waals surface area contributed by atoms with Crippen LogP contribution in [-0.2, 0) is 12.8 Å². The Bertz CT molecular complexity index is 1890. The Morgan fingerprint density at radius 1 is 0.643 bits per heavy atom. The van der Waals surface area contributed by atoms with Crippen LogP contribution in [0.25, 0.3) is 23.3 Å². The summed E-state index contributed by atoms with van der Waals surface area (Å²) in [4.78, 5) is 13.7. The molecule has 0 spiro atoms. The summed E-state index contributed by atoms with van der Waals surface area (Å²) in [5, 5.41) is 53.0. The predicted octanol–water partition coefficient (Wildman–Crippen LogP) is 7.17. The molecule has 6 rings (SSSR count). The van der Waals surface area contributed by atoms with E-state index in [1.54, 1.807) is 60.7 Å². The van der Waals surface area contributed by atoms with Crippen LogP contribution < -0.4 is 4.74 Å². The fourth-order valence-electron chi connectivity index (χ4n) is 5.10. The normalized spacial score (nSPS) is 13.0. The maximum Gasteiger partial charge on any atom is 0.197 e. The van der Waals surface area contributed by atoms with Crippen molar-refractivity contribution in [3.05, 3.63) is 124 Å². The number of hydrogen-bond donors (Lipinski definition) is 5. The van der Waals surface area contributed by atoms with E-state index >= 15 is 0 Å². The third-order valence-electron chi connectivity index (χ3n) is 7.26. The highest BCUT2D eigenvalue weighted by atomic mass is 16.5. The molecule has 1 aliphatic rings. The fourth-order valence-corrected chi connectivity index (χ4v) is 5.10. The van der Waals surface area contributed by atoms with Gasteiger partial charge in [0.1, 0.15) is 28.7 Å². The second-order valence-electron chi connectivity index (χ2n) is 10.1. The van der Waals surface area contributed by atoms with Crippen molar-refractivity contribution in [2.75, 3.05) is 0 Å². The quantitative estimate of drug-likeness (QED) is 0.115. The van der Waals surface area contributed by atoms with Crippen LogP contribution in [0.5, 0.6) is 40.2 Å². The van der Waals surface area contributed by atoms with Gasteiger partial charge in [-0.05, 0) is 84.1 Å². The van der Waals surface area contributed by atoms with Crippen LogP contribution in [0.15, 0.2) is 91.0 Å². The largest absolute Gasteiger partial charge is 0.508 e. The van der Waals surface area contributed by atoms with Gasteiger partial charge < -0.3 is 30.3 Å². The lowest BCUT2D eigenvalue weighted by molar-refractivity contribution is 0.103. The van der Waals surface area contributed by atoms with E-state index in [-0.39, 0.29) is 46.1 Å². The number of hydrogen-bond acceptors (Lipinski definition) is 7. The zero-order valence-electron chi connectivity index (χ0n) is 22.3. The first-order chi connectivity index (χ1) is 20.3. The minimum Gasteiger partial charge on any atom is -0.508 e. The number of aryl methyl sites for hydroxylation is 1. The molecule has 5 aromatic rings. The first-order valence-corrected chi connectivity index (χ1v) is 13.3. The Labute approximate surface area is 241 Å². The van der Waals surface area contributed by atoms with Gasteiger partial charge in [0.05, 0.1) is 5.56 Å². The maximum atomic E-state index is 13.7. The van der Waals surface area contributed by atoms with Crippen LogP contribution in [0.4, 0.5) is 0 Å². The summed E-state index contributed by atoms with van der Waals surface area (Å²) < 4.78 is 6.31. The number of aromatic hydroxyl groups is 5. The molecule has 7 heteroatoms. The van der Waals surface area contributed by atoms with Crippen LogP contribution in [0.2, 0.25) is 0 Å². The highest BCUT2D eigenvalue weighted by Gasteiger charge is 2.25. The van der Waals surface area contributed by atoms with E-state index in [4.69, 9.17) is 4.74 Å². The Kier molecular flexibility index (Phi) is 6.76. The predicted molar refractivity (Wildman–Crippen MR) is 159 cm³/mol. The molecule has 0 aromatic heterocycles. The van der Waals surface area contributed by atoms with Gasteiger partial charge in [0, 0.05) is 22.3 Å². The maximum absolute atomic E-state index is 13.7. The molecule has 0 fully saturated rings. The minimum absolute atomic E-state index is 0.00720. The van der Waals surface area contributed by atoms with Gasteiger partial charge in [0.25, 0.3) is 0 Å². The highest BCUT2D eigenvalue weighted by molar-refractivity contribution is 6.11. The SMILES string of the molecule is O=C(c1cccc(O)c1)c1cc(O)c(O)c2c1Oc1cccc(c1)/C=C\c1ccc(O)c(c1)-c1cc(ccc1O)CC2. The summed E-state index contributed by atoms with van der Waals surface area (Å²) in [6.07, 6.45) is 4.22. The Morgan fingerprint density at radius 3 is 2.14 bits per heavy atom. The minimum atomic E-state index is -0.510. The molecule has 42 heavy (non-hydrogen) atoms.